The van der Waals surface area contributed by atoms with E-state index in [4.69, 9.17) is 15.2 Å². The van der Waals surface area contributed by atoms with Crippen LogP contribution in [-0.4, -0.2) is 24.2 Å². The van der Waals surface area contributed by atoms with Gasteiger partial charge in [0.25, 0.3) is 0 Å². The number of rotatable bonds is 6. The molecule has 5 nitrogen and oxygen atoms in total. The number of ether oxygens (including phenoxy) is 2. The Balaban J connectivity index is 2.79. The number of nitrogens with two attached hydrogens (primary N) is 1. The Kier molecular flexibility index (Phi) is 5.26. The molecule has 0 unspecified atom stereocenters. The van der Waals surface area contributed by atoms with Crippen LogP contribution in [0.1, 0.15) is 37.0 Å². The van der Waals surface area contributed by atoms with Gasteiger partial charge in [0.2, 0.25) is 5.88 Å². The molecule has 0 fully saturated rings. The monoisotopic (exact) mass is 238 g/mol. The van der Waals surface area contributed by atoms with Gasteiger partial charge in [0.1, 0.15) is 5.69 Å². The molecule has 0 bridgehead atoms. The average Bonchev–Trinajstić information content (AvgIpc) is 2.32. The Morgan fingerprint density at radius 1 is 1.47 bits per heavy atom. The van der Waals surface area contributed by atoms with Gasteiger partial charge in [-0.3, -0.25) is 0 Å². The molecule has 17 heavy (non-hydrogen) atoms. The third kappa shape index (κ3) is 3.62. The minimum atomic E-state index is -0.451. The zero-order chi connectivity index (χ0) is 12.7. The standard InChI is InChI=1S/C12H18N2O3/c1-3-5-8-17-11-10(13)9(6-7-14-11)12(15)16-4-2/h6-7H,3-5,8,13H2,1-2H3. The van der Waals surface area contributed by atoms with Crippen LogP contribution in [0.2, 0.25) is 0 Å². The third-order valence-electron chi connectivity index (χ3n) is 2.19. The van der Waals surface area contributed by atoms with E-state index >= 15 is 0 Å². The van der Waals surface area contributed by atoms with E-state index in [9.17, 15) is 4.79 Å². The zero-order valence-corrected chi connectivity index (χ0v) is 10.2. The van der Waals surface area contributed by atoms with Crippen molar-refractivity contribution in [1.82, 2.24) is 4.98 Å². The highest BCUT2D eigenvalue weighted by Crippen LogP contribution is 2.23. The molecule has 0 saturated carbocycles. The van der Waals surface area contributed by atoms with E-state index in [2.05, 4.69) is 11.9 Å². The van der Waals surface area contributed by atoms with Crippen LogP contribution >= 0.6 is 0 Å². The maximum Gasteiger partial charge on any atom is 0.340 e. The van der Waals surface area contributed by atoms with Crippen LogP contribution in [0.25, 0.3) is 0 Å². The molecule has 1 aromatic rings. The highest BCUT2D eigenvalue weighted by Gasteiger charge is 2.15. The molecule has 0 spiro atoms. The number of nitrogen functional groups attached to an aromatic ring is 1. The van der Waals surface area contributed by atoms with Crippen molar-refractivity contribution in [2.24, 2.45) is 0 Å². The maximum absolute atomic E-state index is 11.6. The van der Waals surface area contributed by atoms with E-state index in [0.29, 0.717) is 24.7 Å². The lowest BCUT2D eigenvalue weighted by atomic mass is 10.2. The molecule has 2 N–H and O–H groups in total. The van der Waals surface area contributed by atoms with Gasteiger partial charge in [0, 0.05) is 6.20 Å². The van der Waals surface area contributed by atoms with Gasteiger partial charge in [-0.1, -0.05) is 13.3 Å². The SMILES string of the molecule is CCCCOc1nccc(C(=O)OCC)c1N. The van der Waals surface area contributed by atoms with Crippen molar-refractivity contribution in [3.05, 3.63) is 17.8 Å². The summed E-state index contributed by atoms with van der Waals surface area (Å²) in [6.45, 7) is 4.66. The topological polar surface area (TPSA) is 74.4 Å². The number of hydrogen-bond donors (Lipinski definition) is 1. The van der Waals surface area contributed by atoms with Crippen LogP contribution in [0, 0.1) is 0 Å². The van der Waals surface area contributed by atoms with Crippen molar-refractivity contribution in [2.75, 3.05) is 18.9 Å². The molecule has 0 aliphatic carbocycles. The molecular weight excluding hydrogens is 220 g/mol. The van der Waals surface area contributed by atoms with Crippen LogP contribution in [0.4, 0.5) is 5.69 Å². The number of anilines is 1. The number of pyridine rings is 1. The maximum atomic E-state index is 11.6. The fourth-order valence-electron chi connectivity index (χ4n) is 1.27. The summed E-state index contributed by atoms with van der Waals surface area (Å²) < 4.78 is 10.3. The van der Waals surface area contributed by atoms with Crippen molar-refractivity contribution >= 4 is 11.7 Å². The van der Waals surface area contributed by atoms with E-state index in [1.165, 1.54) is 12.3 Å². The number of carbonyl (C=O) groups excluding carboxylic acids is 1. The Labute approximate surface area is 101 Å². The number of aromatic nitrogens is 1. The highest BCUT2D eigenvalue weighted by molar-refractivity contribution is 5.96. The second-order valence-corrected chi connectivity index (χ2v) is 3.50. The van der Waals surface area contributed by atoms with E-state index in [1.807, 2.05) is 0 Å². The molecule has 0 radical (unpaired) electrons. The predicted molar refractivity (Wildman–Crippen MR) is 65.0 cm³/mol. The van der Waals surface area contributed by atoms with E-state index in [0.717, 1.165) is 12.8 Å². The first-order valence-corrected chi connectivity index (χ1v) is 5.75. The first kappa shape index (κ1) is 13.3. The lowest BCUT2D eigenvalue weighted by Gasteiger charge is -2.10. The highest BCUT2D eigenvalue weighted by atomic mass is 16.5. The second-order valence-electron chi connectivity index (χ2n) is 3.50. The Hall–Kier alpha value is -1.78. The minimum absolute atomic E-state index is 0.238. The molecule has 1 aromatic heterocycles. The van der Waals surface area contributed by atoms with Crippen LogP contribution in [0.5, 0.6) is 5.88 Å². The zero-order valence-electron chi connectivity index (χ0n) is 10.2. The second kappa shape index (κ2) is 6.73. The van der Waals surface area contributed by atoms with Gasteiger partial charge in [-0.05, 0) is 19.4 Å². The first-order chi connectivity index (χ1) is 8.20. The fourth-order valence-corrected chi connectivity index (χ4v) is 1.27. The van der Waals surface area contributed by atoms with Gasteiger partial charge >= 0.3 is 5.97 Å². The van der Waals surface area contributed by atoms with Crippen molar-refractivity contribution in [3.63, 3.8) is 0 Å². The summed E-state index contributed by atoms with van der Waals surface area (Å²) in [5, 5.41) is 0. The number of carbonyl (C=O) groups is 1. The molecule has 0 aliphatic rings. The van der Waals surface area contributed by atoms with Crippen molar-refractivity contribution in [3.8, 4) is 5.88 Å². The quantitative estimate of drug-likeness (QED) is 0.606. The summed E-state index contributed by atoms with van der Waals surface area (Å²) in [6, 6.07) is 1.53. The molecule has 0 atom stereocenters. The van der Waals surface area contributed by atoms with Gasteiger partial charge < -0.3 is 15.2 Å². The average molecular weight is 238 g/mol. The van der Waals surface area contributed by atoms with Crippen molar-refractivity contribution in [2.45, 2.75) is 26.7 Å². The lowest BCUT2D eigenvalue weighted by molar-refractivity contribution is 0.0527. The fraction of sp³-hybridized carbons (Fsp3) is 0.500. The molecule has 1 heterocycles. The molecule has 0 saturated heterocycles. The van der Waals surface area contributed by atoms with Crippen molar-refractivity contribution < 1.29 is 14.3 Å². The Morgan fingerprint density at radius 2 is 2.24 bits per heavy atom. The molecule has 5 heteroatoms. The van der Waals surface area contributed by atoms with Gasteiger partial charge in [0.15, 0.2) is 0 Å². The molecular formula is C12H18N2O3. The van der Waals surface area contributed by atoms with Crippen LogP contribution in [-0.2, 0) is 4.74 Å². The van der Waals surface area contributed by atoms with Gasteiger partial charge in [-0.2, -0.15) is 0 Å². The number of hydrogen-bond acceptors (Lipinski definition) is 5. The third-order valence-corrected chi connectivity index (χ3v) is 2.19. The summed E-state index contributed by atoms with van der Waals surface area (Å²) in [4.78, 5) is 15.6. The normalized spacial score (nSPS) is 10.0. The van der Waals surface area contributed by atoms with Crippen molar-refractivity contribution in [1.29, 1.82) is 0 Å². The predicted octanol–water partition coefficient (Wildman–Crippen LogP) is 2.02. The van der Waals surface area contributed by atoms with Crippen LogP contribution in [0.3, 0.4) is 0 Å². The number of unbranched alkanes of at least 4 members (excludes halogenated alkanes) is 1. The summed E-state index contributed by atoms with van der Waals surface area (Å²) >= 11 is 0. The first-order valence-electron chi connectivity index (χ1n) is 5.75. The van der Waals surface area contributed by atoms with Gasteiger partial charge in [0.05, 0.1) is 18.8 Å². The van der Waals surface area contributed by atoms with E-state index in [-0.39, 0.29) is 5.69 Å². The number of esters is 1. The summed E-state index contributed by atoms with van der Waals surface area (Å²) in [7, 11) is 0. The Morgan fingerprint density at radius 3 is 2.88 bits per heavy atom. The van der Waals surface area contributed by atoms with Gasteiger partial charge in [-0.25, -0.2) is 9.78 Å². The number of nitrogens with zero attached hydrogens (tertiary/aromatic N) is 1. The minimum Gasteiger partial charge on any atom is -0.476 e. The van der Waals surface area contributed by atoms with Gasteiger partial charge in [-0.15, -0.1) is 0 Å². The van der Waals surface area contributed by atoms with Crippen LogP contribution < -0.4 is 10.5 Å². The molecule has 0 amide bonds. The van der Waals surface area contributed by atoms with E-state index in [1.54, 1.807) is 6.92 Å². The summed E-state index contributed by atoms with van der Waals surface area (Å²) in [6.07, 6.45) is 3.44. The van der Waals surface area contributed by atoms with E-state index < -0.39 is 5.97 Å². The molecule has 0 aliphatic heterocycles. The van der Waals surface area contributed by atoms with Crippen LogP contribution in [0.15, 0.2) is 12.3 Å². The molecule has 0 aromatic carbocycles. The summed E-state index contributed by atoms with van der Waals surface area (Å²) in [5.74, 6) is -0.156. The summed E-state index contributed by atoms with van der Waals surface area (Å²) in [5.41, 5.74) is 6.35. The Bertz CT molecular complexity index is 380. The lowest BCUT2D eigenvalue weighted by Crippen LogP contribution is -2.10. The molecule has 1 rings (SSSR count). The largest absolute Gasteiger partial charge is 0.476 e. The molecule has 94 valence electrons. The smallest absolute Gasteiger partial charge is 0.340 e.